The number of esters is 1. The lowest BCUT2D eigenvalue weighted by atomic mass is 9.94. The van der Waals surface area contributed by atoms with E-state index in [1.165, 1.54) is 13.5 Å². The van der Waals surface area contributed by atoms with Crippen molar-refractivity contribution in [2.45, 2.75) is 50.7 Å². The SMILES string of the molecule is CCNC(COCC1CCCCO1)(C(=O)OC)C1CC1. The molecular weight excluding hydrogens is 258 g/mol. The van der Waals surface area contributed by atoms with Gasteiger partial charge in [0.1, 0.15) is 5.54 Å². The number of nitrogens with one attached hydrogen (secondary N) is 1. The molecule has 1 saturated heterocycles. The Morgan fingerprint density at radius 2 is 2.15 bits per heavy atom. The summed E-state index contributed by atoms with van der Waals surface area (Å²) in [5.41, 5.74) is -0.668. The molecule has 2 atom stereocenters. The molecule has 1 aliphatic heterocycles. The van der Waals surface area contributed by atoms with Crippen LogP contribution in [0.4, 0.5) is 0 Å². The molecule has 1 aliphatic carbocycles. The molecule has 5 heteroatoms. The summed E-state index contributed by atoms with van der Waals surface area (Å²) < 4.78 is 16.5. The maximum atomic E-state index is 12.2. The van der Waals surface area contributed by atoms with Crippen LogP contribution in [0.25, 0.3) is 0 Å². The van der Waals surface area contributed by atoms with Gasteiger partial charge in [-0.3, -0.25) is 5.32 Å². The van der Waals surface area contributed by atoms with Crippen molar-refractivity contribution in [1.82, 2.24) is 5.32 Å². The minimum atomic E-state index is -0.668. The van der Waals surface area contributed by atoms with Gasteiger partial charge < -0.3 is 14.2 Å². The molecule has 5 nitrogen and oxygen atoms in total. The van der Waals surface area contributed by atoms with Crippen molar-refractivity contribution < 1.29 is 19.0 Å². The molecule has 0 aromatic carbocycles. The number of rotatable bonds is 8. The lowest BCUT2D eigenvalue weighted by Crippen LogP contribution is -2.58. The van der Waals surface area contributed by atoms with Crippen molar-refractivity contribution >= 4 is 5.97 Å². The van der Waals surface area contributed by atoms with Gasteiger partial charge in [0.15, 0.2) is 0 Å². The maximum Gasteiger partial charge on any atom is 0.328 e. The highest BCUT2D eigenvalue weighted by Crippen LogP contribution is 2.40. The fourth-order valence-electron chi connectivity index (χ4n) is 2.97. The van der Waals surface area contributed by atoms with E-state index in [1.807, 2.05) is 6.92 Å². The Morgan fingerprint density at radius 3 is 2.70 bits per heavy atom. The number of methoxy groups -OCH3 is 1. The van der Waals surface area contributed by atoms with Crippen LogP contribution < -0.4 is 5.32 Å². The normalized spacial score (nSPS) is 26.0. The Morgan fingerprint density at radius 1 is 1.35 bits per heavy atom. The van der Waals surface area contributed by atoms with E-state index < -0.39 is 5.54 Å². The summed E-state index contributed by atoms with van der Waals surface area (Å²) in [6.45, 7) is 4.50. The van der Waals surface area contributed by atoms with E-state index >= 15 is 0 Å². The Kier molecular flexibility index (Phi) is 5.81. The summed E-state index contributed by atoms with van der Waals surface area (Å²) >= 11 is 0. The molecule has 20 heavy (non-hydrogen) atoms. The fourth-order valence-corrected chi connectivity index (χ4v) is 2.97. The number of likely N-dealkylation sites (N-methyl/N-ethyl adjacent to an activating group) is 1. The largest absolute Gasteiger partial charge is 0.468 e. The number of carbonyl (C=O) groups excluding carboxylic acids is 1. The predicted molar refractivity (Wildman–Crippen MR) is 75.6 cm³/mol. The third-order valence-corrected chi connectivity index (χ3v) is 4.22. The molecule has 0 radical (unpaired) electrons. The van der Waals surface area contributed by atoms with Crippen LogP contribution in [0.1, 0.15) is 39.0 Å². The van der Waals surface area contributed by atoms with Gasteiger partial charge in [0.2, 0.25) is 0 Å². The Hall–Kier alpha value is -0.650. The zero-order chi connectivity index (χ0) is 14.4. The predicted octanol–water partition coefficient (Wildman–Crippen LogP) is 1.50. The highest BCUT2D eigenvalue weighted by atomic mass is 16.5. The van der Waals surface area contributed by atoms with E-state index in [1.54, 1.807) is 0 Å². The minimum absolute atomic E-state index is 0.180. The van der Waals surface area contributed by atoms with E-state index in [2.05, 4.69) is 5.32 Å². The monoisotopic (exact) mass is 285 g/mol. The van der Waals surface area contributed by atoms with Crippen LogP contribution in [0.2, 0.25) is 0 Å². The summed E-state index contributed by atoms with van der Waals surface area (Å²) in [6, 6.07) is 0. The van der Waals surface area contributed by atoms with E-state index in [-0.39, 0.29) is 12.1 Å². The van der Waals surface area contributed by atoms with Gasteiger partial charge in [-0.15, -0.1) is 0 Å². The lowest BCUT2D eigenvalue weighted by molar-refractivity contribution is -0.154. The summed E-state index contributed by atoms with van der Waals surface area (Å²) in [6.07, 6.45) is 5.70. The van der Waals surface area contributed by atoms with Crippen LogP contribution in [-0.4, -0.2) is 51.1 Å². The molecule has 1 N–H and O–H groups in total. The molecule has 116 valence electrons. The molecule has 1 saturated carbocycles. The molecule has 2 unspecified atom stereocenters. The number of hydrogen-bond donors (Lipinski definition) is 1. The quantitative estimate of drug-likeness (QED) is 0.685. The average molecular weight is 285 g/mol. The smallest absolute Gasteiger partial charge is 0.328 e. The molecule has 2 fully saturated rings. The molecule has 0 aromatic heterocycles. The van der Waals surface area contributed by atoms with Crippen molar-refractivity contribution in [3.63, 3.8) is 0 Å². The van der Waals surface area contributed by atoms with Gasteiger partial charge in [-0.2, -0.15) is 0 Å². The molecule has 0 spiro atoms. The first-order valence-electron chi connectivity index (χ1n) is 7.75. The molecule has 0 bridgehead atoms. The average Bonchev–Trinajstić information content (AvgIpc) is 3.31. The number of ether oxygens (including phenoxy) is 3. The Labute approximate surface area is 121 Å². The summed E-state index contributed by atoms with van der Waals surface area (Å²) in [7, 11) is 1.45. The van der Waals surface area contributed by atoms with E-state index in [0.29, 0.717) is 19.1 Å². The number of carbonyl (C=O) groups is 1. The first-order chi connectivity index (χ1) is 9.73. The maximum absolute atomic E-state index is 12.2. The Bertz CT molecular complexity index is 313. The van der Waals surface area contributed by atoms with Crippen molar-refractivity contribution in [2.75, 3.05) is 33.5 Å². The van der Waals surface area contributed by atoms with E-state index in [0.717, 1.165) is 38.8 Å². The third kappa shape index (κ3) is 3.71. The van der Waals surface area contributed by atoms with Crippen molar-refractivity contribution in [1.29, 1.82) is 0 Å². The van der Waals surface area contributed by atoms with Gasteiger partial charge in [0, 0.05) is 6.61 Å². The zero-order valence-corrected chi connectivity index (χ0v) is 12.7. The summed E-state index contributed by atoms with van der Waals surface area (Å²) in [4.78, 5) is 12.2. The first kappa shape index (κ1) is 15.7. The highest BCUT2D eigenvalue weighted by molar-refractivity contribution is 5.82. The third-order valence-electron chi connectivity index (χ3n) is 4.22. The van der Waals surface area contributed by atoms with Crippen molar-refractivity contribution in [3.8, 4) is 0 Å². The second-order valence-electron chi connectivity index (χ2n) is 5.77. The topological polar surface area (TPSA) is 56.8 Å². The van der Waals surface area contributed by atoms with Gasteiger partial charge in [0.25, 0.3) is 0 Å². The second kappa shape index (κ2) is 7.38. The molecule has 2 rings (SSSR count). The van der Waals surface area contributed by atoms with Crippen molar-refractivity contribution in [2.24, 2.45) is 5.92 Å². The van der Waals surface area contributed by atoms with Crippen LogP contribution in [0, 0.1) is 5.92 Å². The van der Waals surface area contributed by atoms with E-state index in [4.69, 9.17) is 14.2 Å². The first-order valence-corrected chi connectivity index (χ1v) is 7.75. The summed E-state index contributed by atoms with van der Waals surface area (Å²) in [5.74, 6) is 0.133. The molecule has 0 aromatic rings. The highest BCUT2D eigenvalue weighted by Gasteiger charge is 2.51. The van der Waals surface area contributed by atoms with Gasteiger partial charge in [-0.05, 0) is 44.6 Å². The second-order valence-corrected chi connectivity index (χ2v) is 5.77. The van der Waals surface area contributed by atoms with Gasteiger partial charge in [-0.1, -0.05) is 6.92 Å². The number of hydrogen-bond acceptors (Lipinski definition) is 5. The molecule has 2 aliphatic rings. The van der Waals surface area contributed by atoms with Crippen LogP contribution in [0.3, 0.4) is 0 Å². The van der Waals surface area contributed by atoms with Crippen LogP contribution in [-0.2, 0) is 19.0 Å². The van der Waals surface area contributed by atoms with Crippen LogP contribution in [0.5, 0.6) is 0 Å². The van der Waals surface area contributed by atoms with Crippen LogP contribution in [0.15, 0.2) is 0 Å². The molecular formula is C15H27NO4. The zero-order valence-electron chi connectivity index (χ0n) is 12.7. The lowest BCUT2D eigenvalue weighted by Gasteiger charge is -2.32. The van der Waals surface area contributed by atoms with E-state index in [9.17, 15) is 4.79 Å². The van der Waals surface area contributed by atoms with Gasteiger partial charge in [-0.25, -0.2) is 4.79 Å². The molecule has 1 heterocycles. The van der Waals surface area contributed by atoms with Crippen molar-refractivity contribution in [3.05, 3.63) is 0 Å². The Balaban J connectivity index is 1.87. The molecule has 0 amide bonds. The minimum Gasteiger partial charge on any atom is -0.468 e. The van der Waals surface area contributed by atoms with Crippen LogP contribution >= 0.6 is 0 Å². The standard InChI is InChI=1S/C15H27NO4/c1-3-16-15(12-7-8-12,14(17)18-2)11-19-10-13-6-4-5-9-20-13/h12-13,16H,3-11H2,1-2H3. The van der Waals surface area contributed by atoms with Gasteiger partial charge >= 0.3 is 5.97 Å². The fraction of sp³-hybridized carbons (Fsp3) is 0.933. The van der Waals surface area contributed by atoms with Gasteiger partial charge in [0.05, 0.1) is 26.4 Å². The summed E-state index contributed by atoms with van der Waals surface area (Å²) in [5, 5.41) is 3.31.